The van der Waals surface area contributed by atoms with Gasteiger partial charge >= 0.3 is 6.09 Å². The van der Waals surface area contributed by atoms with E-state index in [4.69, 9.17) is 10.5 Å². The number of hydrogen-bond donors (Lipinski definition) is 1. The molecule has 0 aromatic carbocycles. The zero-order chi connectivity index (χ0) is 12.8. The molecule has 1 aliphatic carbocycles. The van der Waals surface area contributed by atoms with Crippen molar-refractivity contribution in [2.45, 2.75) is 52.1 Å². The number of carbonyl (C=O) groups is 1. The zero-order valence-electron chi connectivity index (χ0n) is 10.8. The average Bonchev–Trinajstić information content (AvgIpc) is 2.67. The topological polar surface area (TPSA) is 70.1 Å². The number of anilines is 1. The molecular formula is C12H19N3O2. The Bertz CT molecular complexity index is 457. The van der Waals surface area contributed by atoms with E-state index >= 15 is 0 Å². The number of hydrogen-bond acceptors (Lipinski definition) is 4. The summed E-state index contributed by atoms with van der Waals surface area (Å²) >= 11 is 0. The summed E-state index contributed by atoms with van der Waals surface area (Å²) in [4.78, 5) is 12.0. The van der Waals surface area contributed by atoms with Crippen molar-refractivity contribution in [3.05, 3.63) is 11.3 Å². The van der Waals surface area contributed by atoms with Gasteiger partial charge in [-0.15, -0.1) is 5.10 Å². The number of nitrogens with zero attached hydrogens (tertiary/aromatic N) is 2. The minimum atomic E-state index is -0.521. The molecule has 0 bridgehead atoms. The second kappa shape index (κ2) is 3.75. The van der Waals surface area contributed by atoms with Gasteiger partial charge in [-0.25, -0.2) is 4.79 Å². The third kappa shape index (κ3) is 2.14. The molecule has 0 saturated heterocycles. The quantitative estimate of drug-likeness (QED) is 0.751. The van der Waals surface area contributed by atoms with Gasteiger partial charge in [-0.05, 0) is 39.5 Å². The number of nitrogens with two attached hydrogens (primary N) is 1. The summed E-state index contributed by atoms with van der Waals surface area (Å²) in [5, 5.41) is 4.09. The lowest BCUT2D eigenvalue weighted by Crippen LogP contribution is -2.29. The summed E-state index contributed by atoms with van der Waals surface area (Å²) in [6.45, 7) is 7.58. The van der Waals surface area contributed by atoms with E-state index in [1.807, 2.05) is 20.8 Å². The molecule has 2 N–H and O–H groups in total. The molecule has 0 saturated carbocycles. The minimum absolute atomic E-state index is 0.308. The van der Waals surface area contributed by atoms with Gasteiger partial charge in [-0.1, -0.05) is 6.92 Å². The SMILES string of the molecule is CC1CCc2c(N)nn(C(=O)OC(C)(C)C)c21. The van der Waals surface area contributed by atoms with Crippen molar-refractivity contribution in [3.8, 4) is 0 Å². The lowest BCUT2D eigenvalue weighted by Gasteiger charge is -2.20. The molecule has 17 heavy (non-hydrogen) atoms. The van der Waals surface area contributed by atoms with Crippen LogP contribution in [0, 0.1) is 0 Å². The van der Waals surface area contributed by atoms with Gasteiger partial charge in [-0.3, -0.25) is 0 Å². The van der Waals surface area contributed by atoms with Crippen LogP contribution in [-0.4, -0.2) is 21.5 Å². The Hall–Kier alpha value is -1.52. The van der Waals surface area contributed by atoms with E-state index in [1.165, 1.54) is 4.68 Å². The summed E-state index contributed by atoms with van der Waals surface area (Å²) in [6, 6.07) is 0. The van der Waals surface area contributed by atoms with Crippen molar-refractivity contribution >= 4 is 11.9 Å². The maximum Gasteiger partial charge on any atom is 0.435 e. The van der Waals surface area contributed by atoms with Crippen LogP contribution in [0.25, 0.3) is 0 Å². The largest absolute Gasteiger partial charge is 0.442 e. The van der Waals surface area contributed by atoms with E-state index < -0.39 is 11.7 Å². The zero-order valence-corrected chi connectivity index (χ0v) is 10.8. The number of nitrogen functional groups attached to an aromatic ring is 1. The van der Waals surface area contributed by atoms with Crippen molar-refractivity contribution in [3.63, 3.8) is 0 Å². The van der Waals surface area contributed by atoms with Gasteiger partial charge in [0, 0.05) is 5.56 Å². The predicted octanol–water partition coefficient (Wildman–Crippen LogP) is 2.30. The van der Waals surface area contributed by atoms with E-state index in [-0.39, 0.29) is 0 Å². The highest BCUT2D eigenvalue weighted by Gasteiger charge is 2.31. The van der Waals surface area contributed by atoms with Crippen molar-refractivity contribution < 1.29 is 9.53 Å². The Morgan fingerprint density at radius 2 is 2.18 bits per heavy atom. The standard InChI is InChI=1S/C12H19N3O2/c1-7-5-6-8-9(7)15(14-10(8)13)11(16)17-12(2,3)4/h7H,5-6H2,1-4H3,(H2,13,14). The number of carbonyl (C=O) groups excluding carboxylic acids is 1. The van der Waals surface area contributed by atoms with Crippen LogP contribution in [0.2, 0.25) is 0 Å². The minimum Gasteiger partial charge on any atom is -0.442 e. The Morgan fingerprint density at radius 3 is 2.76 bits per heavy atom. The fourth-order valence-corrected chi connectivity index (χ4v) is 2.19. The van der Waals surface area contributed by atoms with Gasteiger partial charge in [0.1, 0.15) is 11.4 Å². The predicted molar refractivity (Wildman–Crippen MR) is 65.0 cm³/mol. The molecular weight excluding hydrogens is 218 g/mol. The number of aromatic nitrogens is 2. The number of fused-ring (bicyclic) bond motifs is 1. The Balaban J connectivity index is 2.34. The van der Waals surface area contributed by atoms with Gasteiger partial charge in [0.05, 0.1) is 5.69 Å². The highest BCUT2D eigenvalue weighted by Crippen LogP contribution is 2.36. The first-order valence-electron chi connectivity index (χ1n) is 5.90. The highest BCUT2D eigenvalue weighted by molar-refractivity contribution is 5.73. The fourth-order valence-electron chi connectivity index (χ4n) is 2.19. The third-order valence-electron chi connectivity index (χ3n) is 2.91. The van der Waals surface area contributed by atoms with Crippen LogP contribution in [-0.2, 0) is 11.2 Å². The summed E-state index contributed by atoms with van der Waals surface area (Å²) < 4.78 is 6.64. The van der Waals surface area contributed by atoms with Crippen molar-refractivity contribution in [2.24, 2.45) is 0 Å². The number of ether oxygens (including phenoxy) is 1. The molecule has 0 fully saturated rings. The monoisotopic (exact) mass is 237 g/mol. The lowest BCUT2D eigenvalue weighted by atomic mass is 10.1. The molecule has 1 heterocycles. The summed E-state index contributed by atoms with van der Waals surface area (Å²) in [6.07, 6.45) is 1.46. The molecule has 0 spiro atoms. The van der Waals surface area contributed by atoms with Crippen molar-refractivity contribution in [2.75, 3.05) is 5.73 Å². The summed E-state index contributed by atoms with van der Waals surface area (Å²) in [5.41, 5.74) is 7.21. The molecule has 94 valence electrons. The normalized spacial score (nSPS) is 19.2. The van der Waals surface area contributed by atoms with Gasteiger partial charge in [-0.2, -0.15) is 4.68 Å². The first-order chi connectivity index (χ1) is 7.79. The Labute approximate surface area is 101 Å². The molecule has 0 amide bonds. The van der Waals surface area contributed by atoms with Crippen molar-refractivity contribution in [1.82, 2.24) is 9.78 Å². The van der Waals surface area contributed by atoms with E-state index in [1.54, 1.807) is 0 Å². The molecule has 2 rings (SSSR count). The van der Waals surface area contributed by atoms with Crippen LogP contribution >= 0.6 is 0 Å². The van der Waals surface area contributed by atoms with Crippen molar-refractivity contribution in [1.29, 1.82) is 0 Å². The van der Waals surface area contributed by atoms with Crippen LogP contribution in [0.1, 0.15) is 51.3 Å². The maximum atomic E-state index is 12.0. The van der Waals surface area contributed by atoms with Crippen LogP contribution in [0.4, 0.5) is 10.6 Å². The smallest absolute Gasteiger partial charge is 0.435 e. The molecule has 5 heteroatoms. The first-order valence-corrected chi connectivity index (χ1v) is 5.90. The molecule has 0 radical (unpaired) electrons. The molecule has 1 atom stereocenters. The van der Waals surface area contributed by atoms with Gasteiger partial charge in [0.2, 0.25) is 0 Å². The molecule has 1 aromatic rings. The van der Waals surface area contributed by atoms with Crippen LogP contribution < -0.4 is 5.73 Å². The van der Waals surface area contributed by atoms with Crippen LogP contribution in [0.15, 0.2) is 0 Å². The Kier molecular flexibility index (Phi) is 2.64. The summed E-state index contributed by atoms with van der Waals surface area (Å²) in [7, 11) is 0. The molecule has 1 unspecified atom stereocenters. The summed E-state index contributed by atoms with van der Waals surface area (Å²) in [5.74, 6) is 0.762. The highest BCUT2D eigenvalue weighted by atomic mass is 16.6. The second-order valence-electron chi connectivity index (χ2n) is 5.58. The van der Waals surface area contributed by atoms with Gasteiger partial charge in [0.25, 0.3) is 0 Å². The maximum absolute atomic E-state index is 12.0. The van der Waals surface area contributed by atoms with E-state index in [9.17, 15) is 4.79 Å². The van der Waals surface area contributed by atoms with E-state index in [0.717, 1.165) is 24.1 Å². The third-order valence-corrected chi connectivity index (χ3v) is 2.91. The lowest BCUT2D eigenvalue weighted by molar-refractivity contribution is 0.0508. The van der Waals surface area contributed by atoms with Gasteiger partial charge < -0.3 is 10.5 Å². The average molecular weight is 237 g/mol. The fraction of sp³-hybridized carbons (Fsp3) is 0.667. The first kappa shape index (κ1) is 12.0. The van der Waals surface area contributed by atoms with E-state index in [0.29, 0.717) is 11.7 Å². The number of rotatable bonds is 0. The van der Waals surface area contributed by atoms with Crippen LogP contribution in [0.5, 0.6) is 0 Å². The second-order valence-corrected chi connectivity index (χ2v) is 5.58. The molecule has 0 aliphatic heterocycles. The van der Waals surface area contributed by atoms with Gasteiger partial charge in [0.15, 0.2) is 0 Å². The molecule has 1 aromatic heterocycles. The molecule has 1 aliphatic rings. The molecule has 5 nitrogen and oxygen atoms in total. The van der Waals surface area contributed by atoms with Crippen LogP contribution in [0.3, 0.4) is 0 Å². The Morgan fingerprint density at radius 1 is 1.53 bits per heavy atom. The van der Waals surface area contributed by atoms with E-state index in [2.05, 4.69) is 12.0 Å².